The quantitative estimate of drug-likeness (QED) is 0.917. The van der Waals surface area contributed by atoms with Crippen LogP contribution in [0.1, 0.15) is 28.9 Å². The summed E-state index contributed by atoms with van der Waals surface area (Å²) in [6.45, 7) is 1.23. The van der Waals surface area contributed by atoms with Crippen LogP contribution in [-0.2, 0) is 6.54 Å². The van der Waals surface area contributed by atoms with Gasteiger partial charge in [0, 0.05) is 25.1 Å². The zero-order chi connectivity index (χ0) is 17.9. The van der Waals surface area contributed by atoms with Gasteiger partial charge in [0.15, 0.2) is 0 Å². The van der Waals surface area contributed by atoms with E-state index >= 15 is 0 Å². The molecule has 1 saturated heterocycles. The number of pyridine rings is 1. The van der Waals surface area contributed by atoms with Crippen molar-refractivity contribution in [1.82, 2.24) is 19.8 Å². The second kappa shape index (κ2) is 7.22. The fraction of sp³-hybridized carbons (Fsp3) is 0.438. The van der Waals surface area contributed by atoms with E-state index in [1.807, 2.05) is 4.90 Å². The molecule has 9 heteroatoms. The molecule has 2 aromatic heterocycles. The van der Waals surface area contributed by atoms with Crippen LogP contribution >= 0.6 is 0 Å². The van der Waals surface area contributed by atoms with Gasteiger partial charge in [0.1, 0.15) is 0 Å². The number of nitrogens with zero attached hydrogens (tertiary/aromatic N) is 4. The number of hydrogen-bond acceptors (Lipinski definition) is 4. The molecule has 0 aromatic carbocycles. The van der Waals surface area contributed by atoms with Crippen molar-refractivity contribution in [2.24, 2.45) is 5.92 Å². The predicted octanol–water partition coefficient (Wildman–Crippen LogP) is 2.44. The van der Waals surface area contributed by atoms with Gasteiger partial charge in [0.2, 0.25) is 0 Å². The summed E-state index contributed by atoms with van der Waals surface area (Å²) in [5, 5.41) is 4.24. The highest BCUT2D eigenvalue weighted by Crippen LogP contribution is 2.34. The molecule has 1 aliphatic heterocycles. The van der Waals surface area contributed by atoms with Gasteiger partial charge in [-0.05, 0) is 44.1 Å². The van der Waals surface area contributed by atoms with Gasteiger partial charge in [0.05, 0.1) is 17.2 Å². The van der Waals surface area contributed by atoms with E-state index < -0.39 is 12.1 Å². The van der Waals surface area contributed by atoms with Crippen LogP contribution in [0.5, 0.6) is 0 Å². The molecule has 0 bridgehead atoms. The second-order valence-corrected chi connectivity index (χ2v) is 6.03. The van der Waals surface area contributed by atoms with E-state index in [1.165, 1.54) is 11.0 Å². The Kier molecular flexibility index (Phi) is 5.03. The molecule has 0 aliphatic carbocycles. The Morgan fingerprint density at radius 2 is 2.04 bits per heavy atom. The Hall–Kier alpha value is -2.42. The van der Waals surface area contributed by atoms with Gasteiger partial charge >= 0.3 is 6.18 Å². The van der Waals surface area contributed by atoms with Gasteiger partial charge < -0.3 is 0 Å². The largest absolute Gasteiger partial charge is 0.391 e. The first-order valence-corrected chi connectivity index (χ1v) is 7.97. The van der Waals surface area contributed by atoms with Gasteiger partial charge in [-0.1, -0.05) is 0 Å². The molecule has 1 N–H and O–H groups in total. The summed E-state index contributed by atoms with van der Waals surface area (Å²) in [6.07, 6.45) is 0.746. The number of rotatable bonds is 4. The Bertz CT molecular complexity index is 708. The van der Waals surface area contributed by atoms with Crippen molar-refractivity contribution in [1.29, 1.82) is 0 Å². The van der Waals surface area contributed by atoms with Crippen LogP contribution in [-0.4, -0.2) is 44.9 Å². The first-order chi connectivity index (χ1) is 11.9. The van der Waals surface area contributed by atoms with Crippen molar-refractivity contribution >= 4 is 5.91 Å². The third kappa shape index (κ3) is 4.56. The summed E-state index contributed by atoms with van der Waals surface area (Å²) in [7, 11) is 0. The first kappa shape index (κ1) is 17.4. The summed E-state index contributed by atoms with van der Waals surface area (Å²) in [5.41, 5.74) is 3.70. The highest BCUT2D eigenvalue weighted by molar-refractivity contribution is 5.99. The molecule has 3 rings (SSSR count). The normalized spacial score (nSPS) is 16.8. The van der Waals surface area contributed by atoms with E-state index in [0.29, 0.717) is 30.9 Å². The Morgan fingerprint density at radius 1 is 1.28 bits per heavy atom. The van der Waals surface area contributed by atoms with Gasteiger partial charge in [-0.25, -0.2) is 5.43 Å². The number of carbonyl (C=O) groups excluding carboxylic acids is 1. The van der Waals surface area contributed by atoms with E-state index in [0.717, 1.165) is 0 Å². The van der Waals surface area contributed by atoms with Crippen LogP contribution in [0, 0.1) is 5.92 Å². The van der Waals surface area contributed by atoms with Crippen molar-refractivity contribution in [3.05, 3.63) is 48.0 Å². The fourth-order valence-electron chi connectivity index (χ4n) is 2.82. The molecule has 0 radical (unpaired) electrons. The standard InChI is InChI=1S/C16H18F3N5O/c17-16(18,19)13-3-7-23(8-4-13)11-14-5-9-24(21-14)22-15(25)12-2-1-6-20-10-12/h1-2,5-6,9-10,13H,3-4,7-8,11H2,(H,22,25). The lowest BCUT2D eigenvalue weighted by Gasteiger charge is -2.32. The van der Waals surface area contributed by atoms with Gasteiger partial charge in [-0.2, -0.15) is 23.1 Å². The number of nitrogens with one attached hydrogen (secondary N) is 1. The molecule has 25 heavy (non-hydrogen) atoms. The SMILES string of the molecule is O=C(Nn1ccc(CN2CCC(C(F)(F)F)CC2)n1)c1cccnc1. The number of alkyl halides is 3. The monoisotopic (exact) mass is 353 g/mol. The number of aromatic nitrogens is 3. The molecule has 1 amide bonds. The van der Waals surface area contributed by atoms with Crippen molar-refractivity contribution in [3.63, 3.8) is 0 Å². The Balaban J connectivity index is 1.52. The van der Waals surface area contributed by atoms with Crippen LogP contribution in [0.15, 0.2) is 36.8 Å². The lowest BCUT2D eigenvalue weighted by molar-refractivity contribution is -0.185. The summed E-state index contributed by atoms with van der Waals surface area (Å²) >= 11 is 0. The molecular weight excluding hydrogens is 335 g/mol. The molecule has 134 valence electrons. The minimum atomic E-state index is -4.11. The van der Waals surface area contributed by atoms with Crippen molar-refractivity contribution in [2.45, 2.75) is 25.6 Å². The first-order valence-electron chi connectivity index (χ1n) is 7.97. The number of halogens is 3. The number of amides is 1. The lowest BCUT2D eigenvalue weighted by atomic mass is 9.96. The highest BCUT2D eigenvalue weighted by Gasteiger charge is 2.40. The maximum Gasteiger partial charge on any atom is 0.391 e. The van der Waals surface area contributed by atoms with Crippen LogP contribution in [0.25, 0.3) is 0 Å². The third-order valence-electron chi connectivity index (χ3n) is 4.22. The van der Waals surface area contributed by atoms with Gasteiger partial charge in [-0.15, -0.1) is 0 Å². The van der Waals surface area contributed by atoms with E-state index in [2.05, 4.69) is 15.5 Å². The summed E-state index contributed by atoms with van der Waals surface area (Å²) in [5.74, 6) is -1.55. The second-order valence-electron chi connectivity index (χ2n) is 6.03. The zero-order valence-electron chi connectivity index (χ0n) is 13.4. The van der Waals surface area contributed by atoms with E-state index in [-0.39, 0.29) is 18.7 Å². The molecule has 1 fully saturated rings. The number of piperidine rings is 1. The summed E-state index contributed by atoms with van der Waals surface area (Å²) in [4.78, 5) is 19.1. The highest BCUT2D eigenvalue weighted by atomic mass is 19.4. The average Bonchev–Trinajstić information content (AvgIpc) is 3.02. The number of hydrogen-bond donors (Lipinski definition) is 1. The number of likely N-dealkylation sites (tertiary alicyclic amines) is 1. The van der Waals surface area contributed by atoms with Crippen LogP contribution in [0.4, 0.5) is 13.2 Å². The van der Waals surface area contributed by atoms with Crippen LogP contribution in [0.3, 0.4) is 0 Å². The maximum atomic E-state index is 12.7. The molecule has 1 aliphatic rings. The molecule has 0 spiro atoms. The van der Waals surface area contributed by atoms with Gasteiger partial charge in [0.25, 0.3) is 5.91 Å². The molecular formula is C16H18F3N5O. The molecule has 0 unspecified atom stereocenters. The van der Waals surface area contributed by atoms with E-state index in [9.17, 15) is 18.0 Å². The minimum Gasteiger partial charge on any atom is -0.297 e. The molecule has 6 nitrogen and oxygen atoms in total. The number of carbonyl (C=O) groups is 1. The fourth-order valence-corrected chi connectivity index (χ4v) is 2.82. The van der Waals surface area contributed by atoms with E-state index in [1.54, 1.807) is 30.6 Å². The molecule has 0 atom stereocenters. The Labute approximate surface area is 142 Å². The van der Waals surface area contributed by atoms with Crippen LogP contribution in [0.2, 0.25) is 0 Å². The topological polar surface area (TPSA) is 63.1 Å². The molecule has 0 saturated carbocycles. The smallest absolute Gasteiger partial charge is 0.297 e. The molecule has 3 heterocycles. The van der Waals surface area contributed by atoms with Crippen molar-refractivity contribution in [3.8, 4) is 0 Å². The lowest BCUT2D eigenvalue weighted by Crippen LogP contribution is -2.38. The minimum absolute atomic E-state index is 0.113. The molecule has 2 aromatic rings. The predicted molar refractivity (Wildman–Crippen MR) is 84.2 cm³/mol. The van der Waals surface area contributed by atoms with Gasteiger partial charge in [-0.3, -0.25) is 14.7 Å². The third-order valence-corrected chi connectivity index (χ3v) is 4.22. The summed E-state index contributed by atoms with van der Waals surface area (Å²) in [6, 6.07) is 5.03. The Morgan fingerprint density at radius 3 is 2.68 bits per heavy atom. The van der Waals surface area contributed by atoms with Crippen molar-refractivity contribution < 1.29 is 18.0 Å². The van der Waals surface area contributed by atoms with Crippen LogP contribution < -0.4 is 5.43 Å². The summed E-state index contributed by atoms with van der Waals surface area (Å²) < 4.78 is 38.0. The maximum absolute atomic E-state index is 12.7. The zero-order valence-corrected chi connectivity index (χ0v) is 13.4. The average molecular weight is 353 g/mol. The van der Waals surface area contributed by atoms with Crippen molar-refractivity contribution in [2.75, 3.05) is 18.5 Å². The van der Waals surface area contributed by atoms with E-state index in [4.69, 9.17) is 0 Å².